The standard InChI is InChI=1S/C23H36N4O5S/c1-18(22(28)24-11-12-27-13-15-32-16-14-27)26-23(29)20-9-7-19(8-10-20)17-25-33(30,31)21-5-3-2-4-6-21/h2-6,18-20,25H,7-17H2,1H3,(H,24,28)(H,26,29)/t18-,19?,20?/m1/s1. The Kier molecular flexibility index (Phi) is 9.66. The van der Waals surface area contributed by atoms with Crippen molar-refractivity contribution < 1.29 is 22.7 Å². The first-order valence-corrected chi connectivity index (χ1v) is 13.3. The minimum Gasteiger partial charge on any atom is -0.379 e. The van der Waals surface area contributed by atoms with Crippen LogP contribution in [0.15, 0.2) is 35.2 Å². The first-order valence-electron chi connectivity index (χ1n) is 11.8. The largest absolute Gasteiger partial charge is 0.379 e. The fraction of sp³-hybridized carbons (Fsp3) is 0.652. The molecule has 3 rings (SSSR count). The highest BCUT2D eigenvalue weighted by Gasteiger charge is 2.29. The van der Waals surface area contributed by atoms with Crippen LogP contribution in [-0.4, -0.2) is 77.1 Å². The van der Waals surface area contributed by atoms with E-state index < -0.39 is 16.1 Å². The lowest BCUT2D eigenvalue weighted by Gasteiger charge is -2.29. The van der Waals surface area contributed by atoms with Crippen LogP contribution < -0.4 is 15.4 Å². The van der Waals surface area contributed by atoms with Gasteiger partial charge in [0.05, 0.1) is 18.1 Å². The summed E-state index contributed by atoms with van der Waals surface area (Å²) in [6.45, 7) is 6.58. The van der Waals surface area contributed by atoms with Crippen LogP contribution in [0.2, 0.25) is 0 Å². The summed E-state index contributed by atoms with van der Waals surface area (Å²) in [6.07, 6.45) is 2.93. The normalized spacial score (nSPS) is 22.9. The molecule has 1 saturated heterocycles. The van der Waals surface area contributed by atoms with Crippen LogP contribution in [0, 0.1) is 11.8 Å². The number of benzene rings is 1. The topological polar surface area (TPSA) is 117 Å². The molecular formula is C23H36N4O5S. The third kappa shape index (κ3) is 8.06. The summed E-state index contributed by atoms with van der Waals surface area (Å²) in [4.78, 5) is 27.4. The molecule has 33 heavy (non-hydrogen) atoms. The third-order valence-corrected chi connectivity index (χ3v) is 7.86. The molecule has 0 spiro atoms. The zero-order chi connectivity index (χ0) is 23.7. The van der Waals surface area contributed by atoms with Crippen molar-refractivity contribution in [2.45, 2.75) is 43.5 Å². The molecular weight excluding hydrogens is 444 g/mol. The van der Waals surface area contributed by atoms with E-state index in [-0.39, 0.29) is 28.5 Å². The maximum Gasteiger partial charge on any atom is 0.242 e. The summed E-state index contributed by atoms with van der Waals surface area (Å²) in [6, 6.07) is 7.74. The highest BCUT2D eigenvalue weighted by atomic mass is 32.2. The van der Waals surface area contributed by atoms with Gasteiger partial charge in [0.1, 0.15) is 6.04 Å². The summed E-state index contributed by atoms with van der Waals surface area (Å²) >= 11 is 0. The summed E-state index contributed by atoms with van der Waals surface area (Å²) in [7, 11) is -3.51. The lowest BCUT2D eigenvalue weighted by atomic mass is 9.81. The second-order valence-corrected chi connectivity index (χ2v) is 10.6. The predicted octanol–water partition coefficient (Wildman–Crippen LogP) is 0.724. The van der Waals surface area contributed by atoms with E-state index in [2.05, 4.69) is 20.3 Å². The minimum atomic E-state index is -3.51. The molecule has 1 aromatic carbocycles. The van der Waals surface area contributed by atoms with Crippen molar-refractivity contribution in [3.8, 4) is 0 Å². The number of hydrogen-bond donors (Lipinski definition) is 3. The van der Waals surface area contributed by atoms with Gasteiger partial charge in [-0.05, 0) is 50.7 Å². The van der Waals surface area contributed by atoms with Crippen molar-refractivity contribution in [1.29, 1.82) is 0 Å². The SMILES string of the molecule is C[C@@H](NC(=O)C1CCC(CNS(=O)(=O)c2ccccc2)CC1)C(=O)NCCN1CCOCC1. The lowest BCUT2D eigenvalue weighted by molar-refractivity contribution is -0.131. The van der Waals surface area contributed by atoms with Crippen LogP contribution in [0.25, 0.3) is 0 Å². The van der Waals surface area contributed by atoms with Crippen LogP contribution in [0.4, 0.5) is 0 Å². The smallest absolute Gasteiger partial charge is 0.242 e. The average Bonchev–Trinajstić information content (AvgIpc) is 2.84. The van der Waals surface area contributed by atoms with E-state index in [4.69, 9.17) is 4.74 Å². The molecule has 0 unspecified atom stereocenters. The predicted molar refractivity (Wildman–Crippen MR) is 125 cm³/mol. The van der Waals surface area contributed by atoms with E-state index in [1.807, 2.05) is 0 Å². The molecule has 0 bridgehead atoms. The van der Waals surface area contributed by atoms with Gasteiger partial charge in [0, 0.05) is 38.6 Å². The summed E-state index contributed by atoms with van der Waals surface area (Å²) in [5.41, 5.74) is 0. The van der Waals surface area contributed by atoms with Gasteiger partial charge in [-0.25, -0.2) is 13.1 Å². The second kappa shape index (κ2) is 12.5. The molecule has 1 heterocycles. The molecule has 10 heteroatoms. The maximum atomic E-state index is 12.6. The number of nitrogens with one attached hydrogen (secondary N) is 3. The monoisotopic (exact) mass is 480 g/mol. The Labute approximate surface area is 196 Å². The van der Waals surface area contributed by atoms with Gasteiger partial charge >= 0.3 is 0 Å². The fourth-order valence-corrected chi connectivity index (χ4v) is 5.39. The van der Waals surface area contributed by atoms with Crippen LogP contribution >= 0.6 is 0 Å². The number of rotatable bonds is 10. The van der Waals surface area contributed by atoms with Crippen molar-refractivity contribution in [2.75, 3.05) is 45.9 Å². The average molecular weight is 481 g/mol. The van der Waals surface area contributed by atoms with E-state index in [0.29, 0.717) is 25.9 Å². The molecule has 1 aliphatic carbocycles. The molecule has 184 valence electrons. The van der Waals surface area contributed by atoms with Crippen molar-refractivity contribution >= 4 is 21.8 Å². The third-order valence-electron chi connectivity index (χ3n) is 6.42. The van der Waals surface area contributed by atoms with Crippen LogP contribution in [0.5, 0.6) is 0 Å². The first-order chi connectivity index (χ1) is 15.8. The number of carbonyl (C=O) groups is 2. The van der Waals surface area contributed by atoms with Crippen molar-refractivity contribution in [1.82, 2.24) is 20.3 Å². The van der Waals surface area contributed by atoms with Gasteiger partial charge in [-0.2, -0.15) is 0 Å². The Bertz CT molecular complexity index is 866. The van der Waals surface area contributed by atoms with E-state index in [9.17, 15) is 18.0 Å². The molecule has 0 aromatic heterocycles. The Balaban J connectivity index is 1.33. The molecule has 1 atom stereocenters. The highest BCUT2D eigenvalue weighted by molar-refractivity contribution is 7.89. The van der Waals surface area contributed by atoms with Gasteiger partial charge in [0.15, 0.2) is 0 Å². The Morgan fingerprint density at radius 1 is 1.09 bits per heavy atom. The molecule has 3 N–H and O–H groups in total. The van der Waals surface area contributed by atoms with Gasteiger partial charge in [0.2, 0.25) is 21.8 Å². The molecule has 1 aliphatic heterocycles. The van der Waals surface area contributed by atoms with E-state index in [1.54, 1.807) is 37.3 Å². The molecule has 0 radical (unpaired) electrons. The number of ether oxygens (including phenoxy) is 1. The Morgan fingerprint density at radius 3 is 2.42 bits per heavy atom. The van der Waals surface area contributed by atoms with E-state index in [0.717, 1.165) is 45.7 Å². The van der Waals surface area contributed by atoms with Crippen molar-refractivity contribution in [2.24, 2.45) is 11.8 Å². The van der Waals surface area contributed by atoms with Gasteiger partial charge in [0.25, 0.3) is 0 Å². The van der Waals surface area contributed by atoms with Crippen molar-refractivity contribution in [3.05, 3.63) is 30.3 Å². The van der Waals surface area contributed by atoms with Gasteiger partial charge in [-0.15, -0.1) is 0 Å². The van der Waals surface area contributed by atoms with E-state index in [1.165, 1.54) is 0 Å². The number of nitrogens with zero attached hydrogens (tertiary/aromatic N) is 1. The Hall–Kier alpha value is -2.01. The molecule has 2 aliphatic rings. The number of morpholine rings is 1. The molecule has 1 saturated carbocycles. The van der Waals surface area contributed by atoms with Crippen LogP contribution in [-0.2, 0) is 24.3 Å². The molecule has 1 aromatic rings. The summed E-state index contributed by atoms with van der Waals surface area (Å²) in [5, 5.41) is 5.72. The summed E-state index contributed by atoms with van der Waals surface area (Å²) < 4.78 is 32.8. The first kappa shape index (κ1) is 25.6. The fourth-order valence-electron chi connectivity index (χ4n) is 4.25. The maximum absolute atomic E-state index is 12.6. The Morgan fingerprint density at radius 2 is 1.76 bits per heavy atom. The van der Waals surface area contributed by atoms with Gasteiger partial charge < -0.3 is 15.4 Å². The van der Waals surface area contributed by atoms with Crippen LogP contribution in [0.3, 0.4) is 0 Å². The molecule has 9 nitrogen and oxygen atoms in total. The minimum absolute atomic E-state index is 0.103. The van der Waals surface area contributed by atoms with Crippen LogP contribution in [0.1, 0.15) is 32.6 Å². The number of sulfonamides is 1. The number of amides is 2. The van der Waals surface area contributed by atoms with Crippen molar-refractivity contribution in [3.63, 3.8) is 0 Å². The van der Waals surface area contributed by atoms with E-state index >= 15 is 0 Å². The highest BCUT2D eigenvalue weighted by Crippen LogP contribution is 2.29. The molecule has 2 amide bonds. The lowest BCUT2D eigenvalue weighted by Crippen LogP contribution is -2.49. The summed E-state index contributed by atoms with van der Waals surface area (Å²) in [5.74, 6) is -0.223. The number of hydrogen-bond acceptors (Lipinski definition) is 6. The zero-order valence-electron chi connectivity index (χ0n) is 19.3. The quantitative estimate of drug-likeness (QED) is 0.455. The number of carbonyl (C=O) groups excluding carboxylic acids is 2. The second-order valence-electron chi connectivity index (χ2n) is 8.86. The van der Waals surface area contributed by atoms with Gasteiger partial charge in [-0.1, -0.05) is 18.2 Å². The van der Waals surface area contributed by atoms with Gasteiger partial charge in [-0.3, -0.25) is 14.5 Å². The zero-order valence-corrected chi connectivity index (χ0v) is 20.1. The molecule has 2 fully saturated rings.